The summed E-state index contributed by atoms with van der Waals surface area (Å²) in [5, 5.41) is 0. The highest BCUT2D eigenvalue weighted by molar-refractivity contribution is 5.98. The van der Waals surface area contributed by atoms with Crippen LogP contribution in [0.25, 0.3) is 22.3 Å². The molecule has 2 amide bonds. The first kappa shape index (κ1) is 28.1. The number of carbonyl (C=O) groups is 2. The molecule has 8 nitrogen and oxygen atoms in total. The second-order valence-corrected chi connectivity index (χ2v) is 9.49. The number of nitrogens with one attached hydrogen (secondary N) is 2. The highest BCUT2D eigenvalue weighted by atomic mass is 16.5. The van der Waals surface area contributed by atoms with Crippen molar-refractivity contribution in [2.75, 3.05) is 0 Å². The standard InChI is InChI=1S/C34H30N4O4/c35-37-33(39)29-17-15-27(19-31(29)41-21-23-7-3-1-4-8-23)25-11-13-26(14-12-25)28-16-18-30(34(40)38-36)32(20-28)42-22-24-9-5-2-6-10-24/h1-20H,21-22,35-36H2,(H,37,39)(H,38,40). The summed E-state index contributed by atoms with van der Waals surface area (Å²) in [5.74, 6) is 10.8. The maximum atomic E-state index is 12.4. The topological polar surface area (TPSA) is 129 Å². The Morgan fingerprint density at radius 1 is 0.500 bits per heavy atom. The lowest BCUT2D eigenvalue weighted by Crippen LogP contribution is -2.30. The molecule has 5 aromatic rings. The molecule has 210 valence electrons. The third kappa shape index (κ3) is 6.64. The number of benzene rings is 5. The van der Waals surface area contributed by atoms with E-state index in [2.05, 4.69) is 10.9 Å². The average Bonchev–Trinajstić information content (AvgIpc) is 3.06. The number of carbonyl (C=O) groups excluding carboxylic acids is 2. The lowest BCUT2D eigenvalue weighted by atomic mass is 9.98. The van der Waals surface area contributed by atoms with Crippen molar-refractivity contribution in [1.82, 2.24) is 10.9 Å². The lowest BCUT2D eigenvalue weighted by Gasteiger charge is -2.14. The van der Waals surface area contributed by atoms with Crippen LogP contribution < -0.4 is 32.0 Å². The van der Waals surface area contributed by atoms with Gasteiger partial charge in [0, 0.05) is 0 Å². The van der Waals surface area contributed by atoms with Gasteiger partial charge in [0.05, 0.1) is 11.1 Å². The van der Waals surface area contributed by atoms with E-state index in [0.29, 0.717) is 35.8 Å². The van der Waals surface area contributed by atoms with Crippen LogP contribution in [0.3, 0.4) is 0 Å². The molecule has 0 aliphatic carbocycles. The summed E-state index contributed by atoms with van der Waals surface area (Å²) in [5.41, 5.74) is 10.6. The van der Waals surface area contributed by atoms with E-state index in [4.69, 9.17) is 21.2 Å². The second kappa shape index (κ2) is 13.3. The quantitative estimate of drug-likeness (QED) is 0.103. The van der Waals surface area contributed by atoms with Crippen LogP contribution in [0.4, 0.5) is 0 Å². The van der Waals surface area contributed by atoms with E-state index in [1.165, 1.54) is 0 Å². The summed E-state index contributed by atoms with van der Waals surface area (Å²) in [6.07, 6.45) is 0. The third-order valence-electron chi connectivity index (χ3n) is 6.74. The summed E-state index contributed by atoms with van der Waals surface area (Å²) in [6.45, 7) is 0.613. The van der Waals surface area contributed by atoms with E-state index in [1.54, 1.807) is 12.1 Å². The fraction of sp³-hybridized carbons (Fsp3) is 0.0588. The molecule has 0 fully saturated rings. The fourth-order valence-electron chi connectivity index (χ4n) is 4.50. The molecule has 0 bridgehead atoms. The molecular formula is C34H30N4O4. The van der Waals surface area contributed by atoms with E-state index in [0.717, 1.165) is 33.4 Å². The van der Waals surface area contributed by atoms with E-state index < -0.39 is 11.8 Å². The van der Waals surface area contributed by atoms with E-state index in [-0.39, 0.29) is 0 Å². The maximum absolute atomic E-state index is 12.4. The smallest absolute Gasteiger partial charge is 0.268 e. The zero-order chi connectivity index (χ0) is 29.3. The molecule has 6 N–H and O–H groups in total. The number of amides is 2. The van der Waals surface area contributed by atoms with Crippen LogP contribution in [0.1, 0.15) is 31.8 Å². The Labute approximate surface area is 243 Å². The Hall–Kier alpha value is -5.44. The van der Waals surface area contributed by atoms with E-state index >= 15 is 0 Å². The first-order valence-corrected chi connectivity index (χ1v) is 13.3. The Balaban J connectivity index is 1.40. The Morgan fingerprint density at radius 3 is 1.21 bits per heavy atom. The van der Waals surface area contributed by atoms with Gasteiger partial charge >= 0.3 is 0 Å². The van der Waals surface area contributed by atoms with Crippen LogP contribution in [-0.2, 0) is 13.2 Å². The molecule has 0 saturated carbocycles. The molecular weight excluding hydrogens is 528 g/mol. The minimum absolute atomic E-state index is 0.306. The number of hydrogen-bond donors (Lipinski definition) is 4. The minimum Gasteiger partial charge on any atom is -0.488 e. The van der Waals surface area contributed by atoms with Crippen LogP contribution >= 0.6 is 0 Å². The van der Waals surface area contributed by atoms with Crippen LogP contribution in [0.2, 0.25) is 0 Å². The summed E-state index contributed by atoms with van der Waals surface area (Å²) < 4.78 is 12.1. The molecule has 0 aliphatic heterocycles. The van der Waals surface area contributed by atoms with Crippen molar-refractivity contribution in [2.24, 2.45) is 11.7 Å². The first-order chi connectivity index (χ1) is 20.6. The molecule has 0 spiro atoms. The predicted octanol–water partition coefficient (Wildman–Crippen LogP) is 5.39. The Bertz CT molecular complexity index is 1550. The van der Waals surface area contributed by atoms with Gasteiger partial charge in [-0.15, -0.1) is 0 Å². The monoisotopic (exact) mass is 558 g/mol. The van der Waals surface area contributed by atoms with Gasteiger partial charge in [0.25, 0.3) is 11.8 Å². The lowest BCUT2D eigenvalue weighted by molar-refractivity contribution is 0.0941. The Morgan fingerprint density at radius 2 is 0.857 bits per heavy atom. The van der Waals surface area contributed by atoms with Gasteiger partial charge in [-0.3, -0.25) is 20.4 Å². The number of nitrogen functional groups attached to an aromatic ring is 2. The predicted molar refractivity (Wildman–Crippen MR) is 162 cm³/mol. The van der Waals surface area contributed by atoms with E-state index in [1.807, 2.05) is 109 Å². The van der Waals surface area contributed by atoms with Gasteiger partial charge in [0.15, 0.2) is 0 Å². The van der Waals surface area contributed by atoms with Gasteiger partial charge in [-0.1, -0.05) is 97.1 Å². The van der Waals surface area contributed by atoms with Gasteiger partial charge in [-0.05, 0) is 57.6 Å². The van der Waals surface area contributed by atoms with Crippen molar-refractivity contribution in [2.45, 2.75) is 13.2 Å². The molecule has 0 unspecified atom stereocenters. The third-order valence-corrected chi connectivity index (χ3v) is 6.74. The van der Waals surface area contributed by atoms with Crippen LogP contribution in [0, 0.1) is 0 Å². The van der Waals surface area contributed by atoms with Crippen molar-refractivity contribution < 1.29 is 19.1 Å². The van der Waals surface area contributed by atoms with E-state index in [9.17, 15) is 9.59 Å². The molecule has 0 aliphatic rings. The molecule has 0 atom stereocenters. The molecule has 42 heavy (non-hydrogen) atoms. The number of hydrazine groups is 2. The molecule has 0 heterocycles. The van der Waals surface area contributed by atoms with Crippen molar-refractivity contribution >= 4 is 11.8 Å². The highest BCUT2D eigenvalue weighted by Crippen LogP contribution is 2.32. The summed E-state index contributed by atoms with van der Waals surface area (Å²) >= 11 is 0. The fourth-order valence-corrected chi connectivity index (χ4v) is 4.50. The first-order valence-electron chi connectivity index (χ1n) is 13.3. The normalized spacial score (nSPS) is 10.5. The zero-order valence-electron chi connectivity index (χ0n) is 22.7. The van der Waals surface area contributed by atoms with Crippen molar-refractivity contribution in [1.29, 1.82) is 0 Å². The van der Waals surface area contributed by atoms with Crippen LogP contribution in [-0.4, -0.2) is 11.8 Å². The largest absolute Gasteiger partial charge is 0.488 e. The van der Waals surface area contributed by atoms with Crippen molar-refractivity contribution in [3.05, 3.63) is 144 Å². The molecule has 0 aromatic heterocycles. The minimum atomic E-state index is -0.433. The van der Waals surface area contributed by atoms with Crippen LogP contribution in [0.15, 0.2) is 121 Å². The summed E-state index contributed by atoms with van der Waals surface area (Å²) in [4.78, 5) is 24.8. The number of hydrogen-bond acceptors (Lipinski definition) is 6. The summed E-state index contributed by atoms with van der Waals surface area (Å²) in [6, 6.07) is 38.1. The number of nitrogens with two attached hydrogens (primary N) is 2. The molecule has 0 saturated heterocycles. The molecule has 5 rings (SSSR count). The van der Waals surface area contributed by atoms with Crippen molar-refractivity contribution in [3.8, 4) is 33.8 Å². The summed E-state index contributed by atoms with van der Waals surface area (Å²) in [7, 11) is 0. The van der Waals surface area contributed by atoms with Crippen molar-refractivity contribution in [3.63, 3.8) is 0 Å². The molecule has 8 heteroatoms. The van der Waals surface area contributed by atoms with Crippen LogP contribution in [0.5, 0.6) is 11.5 Å². The molecule has 0 radical (unpaired) electrons. The van der Waals surface area contributed by atoms with Gasteiger partial charge in [-0.25, -0.2) is 11.7 Å². The zero-order valence-corrected chi connectivity index (χ0v) is 22.7. The maximum Gasteiger partial charge on any atom is 0.268 e. The SMILES string of the molecule is NNC(=O)c1ccc(-c2ccc(-c3ccc(C(=O)NN)c(OCc4ccccc4)c3)cc2)cc1OCc1ccccc1. The number of rotatable bonds is 10. The van der Waals surface area contributed by atoms with Gasteiger partial charge < -0.3 is 9.47 Å². The van der Waals surface area contributed by atoms with Gasteiger partial charge in [0.1, 0.15) is 24.7 Å². The van der Waals surface area contributed by atoms with Gasteiger partial charge in [-0.2, -0.15) is 0 Å². The Kier molecular flexibility index (Phi) is 8.88. The van der Waals surface area contributed by atoms with Gasteiger partial charge in [0.2, 0.25) is 0 Å². The highest BCUT2D eigenvalue weighted by Gasteiger charge is 2.16. The second-order valence-electron chi connectivity index (χ2n) is 9.49. The molecule has 5 aromatic carbocycles. The number of ether oxygens (including phenoxy) is 2. The average molecular weight is 559 g/mol.